The third-order valence-corrected chi connectivity index (χ3v) is 63.0. The van der Waals surface area contributed by atoms with Crippen molar-refractivity contribution in [3.05, 3.63) is 0 Å². The summed E-state index contributed by atoms with van der Waals surface area (Å²) in [6.45, 7) is 12.9. The van der Waals surface area contributed by atoms with Gasteiger partial charge in [-0.15, -0.1) is 0 Å². The fourth-order valence-electron chi connectivity index (χ4n) is 14.8. The van der Waals surface area contributed by atoms with Crippen LogP contribution in [0.15, 0.2) is 0 Å². The van der Waals surface area contributed by atoms with E-state index in [1.807, 2.05) is 0 Å². The van der Waals surface area contributed by atoms with Crippen LogP contribution in [0.3, 0.4) is 0 Å². The van der Waals surface area contributed by atoms with Gasteiger partial charge in [0.1, 0.15) is 0 Å². The number of hydrogen-bond acceptors (Lipinski definition) is 14. The molecule has 4 heterocycles. The minimum absolute atomic E-state index is 0.0274. The van der Waals surface area contributed by atoms with Crippen LogP contribution in [-0.2, 0) is 53.5 Å². The molecule has 7 aliphatic carbocycles. The molecule has 0 radical (unpaired) electrons. The van der Waals surface area contributed by atoms with Crippen molar-refractivity contribution in [1.82, 2.24) is 0 Å². The molecule has 14 nitrogen and oxygen atoms in total. The molecule has 1 N–H and O–H groups in total. The van der Waals surface area contributed by atoms with Crippen LogP contribution >= 0.6 is 0 Å². The Morgan fingerprint density at radius 1 is 0.231 bits per heavy atom. The first-order chi connectivity index (χ1) is 30.9. The van der Waals surface area contributed by atoms with Gasteiger partial charge in [-0.05, 0) is 129 Å². The van der Waals surface area contributed by atoms with Gasteiger partial charge in [-0.2, -0.15) is 0 Å². The van der Waals surface area contributed by atoms with Crippen molar-refractivity contribution in [1.29, 1.82) is 0 Å². The zero-order valence-electron chi connectivity index (χ0n) is 40.6. The summed E-state index contributed by atoms with van der Waals surface area (Å²) in [4.78, 5) is 14.2. The van der Waals surface area contributed by atoms with Crippen LogP contribution < -0.4 is 0 Å². The van der Waals surface area contributed by atoms with E-state index in [1.165, 1.54) is 0 Å². The second-order valence-corrected chi connectivity index (χ2v) is 56.9. The summed E-state index contributed by atoms with van der Waals surface area (Å²) in [6, 6.07) is 0. The first-order valence-electron chi connectivity index (χ1n) is 26.8. The van der Waals surface area contributed by atoms with Crippen molar-refractivity contribution in [2.24, 2.45) is 0 Å². The minimum Gasteiger partial charge on any atom is -0.416 e. The maximum atomic E-state index is 14.2. The summed E-state index contributed by atoms with van der Waals surface area (Å²) < 4.78 is 107. The predicted octanol–water partition coefficient (Wildman–Crippen LogP) is 11.5. The average molecular weight is 1080 g/mol. The smallest absolute Gasteiger partial charge is 0.416 e. The van der Waals surface area contributed by atoms with Gasteiger partial charge in [-0.1, -0.05) is 89.9 Å². The quantitative estimate of drug-likeness (QED) is 0.242. The van der Waals surface area contributed by atoms with Gasteiger partial charge < -0.3 is 58.3 Å². The molecule has 4 atom stereocenters. The first kappa shape index (κ1) is 48.9. The van der Waals surface area contributed by atoms with E-state index in [-0.39, 0.29) is 38.8 Å². The maximum absolute atomic E-state index is 14.2. The molecule has 11 fully saturated rings. The Morgan fingerprint density at radius 3 is 0.631 bits per heavy atom. The molecular formula is C41H82O14Si10. The van der Waals surface area contributed by atoms with E-state index in [0.29, 0.717) is 0 Å². The Kier molecular flexibility index (Phi) is 13.5. The van der Waals surface area contributed by atoms with Gasteiger partial charge in [0.15, 0.2) is 0 Å². The molecule has 24 heteroatoms. The van der Waals surface area contributed by atoms with Gasteiger partial charge in [0, 0.05) is 38.8 Å². The van der Waals surface area contributed by atoms with Crippen molar-refractivity contribution < 1.29 is 58.3 Å². The molecule has 0 aromatic rings. The molecule has 0 amide bonds. The van der Waals surface area contributed by atoms with Gasteiger partial charge >= 0.3 is 87.3 Å². The van der Waals surface area contributed by atoms with Crippen molar-refractivity contribution in [3.63, 3.8) is 0 Å². The predicted molar refractivity (Wildman–Crippen MR) is 265 cm³/mol. The second-order valence-electron chi connectivity index (χ2n) is 23.6. The van der Waals surface area contributed by atoms with Gasteiger partial charge in [-0.3, -0.25) is 0 Å². The summed E-state index contributed by atoms with van der Waals surface area (Å²) in [6.07, 6.45) is 27.1. The van der Waals surface area contributed by atoms with Crippen LogP contribution in [0.25, 0.3) is 0 Å². The molecule has 0 aromatic heterocycles. The summed E-state index contributed by atoms with van der Waals surface area (Å²) in [5.41, 5.74) is -0.525. The van der Waals surface area contributed by atoms with Crippen LogP contribution in [0, 0.1) is 0 Å². The Morgan fingerprint density at radius 2 is 0.400 bits per heavy atom. The number of rotatable bonds is 7. The SMILES string of the molecule is C[Si]1(C)O[Si](C)(C)O[Si]2(C3CCCC3)O[Si]3(C4CCCC4)O[Si](O)(C4CCCC4)O[Si]4(C5CCCC5)O[Si](C5CCCC5)(O[Si](C)(C)O1)O[Si](C1CCCC1)(O2)O[Si](C1CCCC1)(O3)O4. The standard InChI is InChI=1S/C41H82O14Si10/c1-56(2)43-57(3,4)45-60(36-23-9-10-24-36)49-62(38-27-13-14-28-38)47-59(42,35-21-7-8-22-35)48-63(39-29-15-16-30-39)50-61(37-25-11-12-26-37,46-58(5,6)44-56)52-64(51-60,40-31-17-18-32-40)55-65(53-62,54-63)41-33-19-20-34-41/h35-42H,7-34H2,1-6H3. The van der Waals surface area contributed by atoms with E-state index in [2.05, 4.69) is 39.3 Å². The Labute approximate surface area is 401 Å². The Balaban J connectivity index is 1.25. The molecule has 4 aliphatic heterocycles. The third kappa shape index (κ3) is 9.12. The van der Waals surface area contributed by atoms with Crippen molar-refractivity contribution in [2.45, 2.75) is 258 Å². The monoisotopic (exact) mass is 1080 g/mol. The van der Waals surface area contributed by atoms with E-state index in [4.69, 9.17) is 53.5 Å². The fourth-order valence-corrected chi connectivity index (χ4v) is 77.2. The van der Waals surface area contributed by atoms with Gasteiger partial charge in [0.05, 0.1) is 0 Å². The Hall–Kier alpha value is 1.61. The highest BCUT2D eigenvalue weighted by Gasteiger charge is 2.84. The molecule has 65 heavy (non-hydrogen) atoms. The average Bonchev–Trinajstić information content (AvgIpc) is 4.05. The van der Waals surface area contributed by atoms with Gasteiger partial charge in [0.25, 0.3) is 0 Å². The van der Waals surface area contributed by atoms with Crippen LogP contribution in [0.1, 0.15) is 180 Å². The summed E-state index contributed by atoms with van der Waals surface area (Å²) in [5, 5.41) is 0. The van der Waals surface area contributed by atoms with E-state index < -0.39 is 87.3 Å². The van der Waals surface area contributed by atoms with E-state index in [0.717, 1.165) is 180 Å². The van der Waals surface area contributed by atoms with Gasteiger partial charge in [-0.25, -0.2) is 0 Å². The van der Waals surface area contributed by atoms with E-state index in [1.54, 1.807) is 0 Å². The highest BCUT2D eigenvalue weighted by molar-refractivity contribution is 7.02. The first-order valence-corrected chi connectivity index (χ1v) is 47.9. The fraction of sp³-hybridized carbons (Fsp3) is 1.00. The van der Waals surface area contributed by atoms with Crippen molar-refractivity contribution in [2.75, 3.05) is 0 Å². The maximum Gasteiger partial charge on any atom is 0.486 e. The molecule has 0 spiro atoms. The lowest BCUT2D eigenvalue weighted by molar-refractivity contribution is -0.0103. The van der Waals surface area contributed by atoms with Crippen LogP contribution in [-0.4, -0.2) is 92.1 Å². The number of hydrogen-bond donors (Lipinski definition) is 1. The summed E-state index contributed by atoms with van der Waals surface area (Å²) in [5.74, 6) is 0. The molecule has 11 rings (SSSR count). The van der Waals surface area contributed by atoms with Crippen LogP contribution in [0.2, 0.25) is 78.1 Å². The zero-order chi connectivity index (χ0) is 45.0. The Bertz CT molecular complexity index is 1630. The molecule has 370 valence electrons. The topological polar surface area (TPSA) is 140 Å². The highest BCUT2D eigenvalue weighted by Crippen LogP contribution is 2.63. The van der Waals surface area contributed by atoms with Crippen LogP contribution in [0.5, 0.6) is 0 Å². The molecule has 4 unspecified atom stereocenters. The molecule has 11 aliphatic rings. The molecule has 4 saturated heterocycles. The summed E-state index contributed by atoms with van der Waals surface area (Å²) in [7, 11) is -38.4. The third-order valence-electron chi connectivity index (χ3n) is 17.3. The minimum atomic E-state index is -4.33. The van der Waals surface area contributed by atoms with E-state index in [9.17, 15) is 4.80 Å². The lowest BCUT2D eigenvalue weighted by Crippen LogP contribution is -2.86. The normalized spacial score (nSPS) is 46.4. The largest absolute Gasteiger partial charge is 0.486 e. The van der Waals surface area contributed by atoms with E-state index >= 15 is 0 Å². The molecular weight excluding hydrogens is 997 g/mol. The van der Waals surface area contributed by atoms with Crippen LogP contribution in [0.4, 0.5) is 0 Å². The lowest BCUT2D eigenvalue weighted by atomic mass is 10.4. The number of fused-ring (bicyclic) bond motifs is 4. The van der Waals surface area contributed by atoms with Crippen molar-refractivity contribution >= 4 is 87.3 Å². The molecule has 6 bridgehead atoms. The highest BCUT2D eigenvalue weighted by atomic mass is 28.6. The van der Waals surface area contributed by atoms with Gasteiger partial charge in [0.2, 0.25) is 0 Å². The zero-order valence-corrected chi connectivity index (χ0v) is 50.6. The molecule has 7 saturated carbocycles. The summed E-state index contributed by atoms with van der Waals surface area (Å²) >= 11 is 0. The lowest BCUT2D eigenvalue weighted by Gasteiger charge is -2.63. The second kappa shape index (κ2) is 17.9. The van der Waals surface area contributed by atoms with Crippen molar-refractivity contribution in [3.8, 4) is 0 Å². The molecule has 0 aromatic carbocycles.